The topological polar surface area (TPSA) is 0 Å². The highest BCUT2D eigenvalue weighted by atomic mass is 32.2. The van der Waals surface area contributed by atoms with E-state index in [2.05, 4.69) is 24.4 Å². The first-order valence-electron chi connectivity index (χ1n) is 3.68. The van der Waals surface area contributed by atoms with Gasteiger partial charge in [0.15, 0.2) is 0 Å². The van der Waals surface area contributed by atoms with Crippen molar-refractivity contribution in [1.82, 2.24) is 0 Å². The Morgan fingerprint density at radius 2 is 1.67 bits per heavy atom. The third kappa shape index (κ3) is 1.25. The molecule has 0 radical (unpaired) electrons. The monoisotopic (exact) mass is 160 g/mol. The first-order chi connectivity index (χ1) is 4.34. The first kappa shape index (κ1) is 6.41. The van der Waals surface area contributed by atoms with Crippen LogP contribution in [-0.2, 0) is 0 Å². The van der Waals surface area contributed by atoms with Crippen molar-refractivity contribution in [2.24, 2.45) is 0 Å². The predicted octanol–water partition coefficient (Wildman–Crippen LogP) is 2.34. The second-order valence-corrected chi connectivity index (χ2v) is 5.42. The molecule has 2 fully saturated rings. The Labute approximate surface area is 66.2 Å². The Morgan fingerprint density at radius 3 is 2.22 bits per heavy atom. The lowest BCUT2D eigenvalue weighted by molar-refractivity contribution is 0.710. The van der Waals surface area contributed by atoms with Crippen LogP contribution in [-0.4, -0.2) is 15.7 Å². The zero-order valence-electron chi connectivity index (χ0n) is 5.42. The van der Waals surface area contributed by atoms with Crippen LogP contribution in [0.5, 0.6) is 0 Å². The number of thiol groups is 1. The minimum absolute atomic E-state index is 0.726. The van der Waals surface area contributed by atoms with Crippen LogP contribution < -0.4 is 0 Å². The fourth-order valence-electron chi connectivity index (χ4n) is 1.83. The smallest absolute Gasteiger partial charge is 0.00606 e. The molecule has 2 unspecified atom stereocenters. The first-order valence-corrected chi connectivity index (χ1v) is 5.14. The molecule has 52 valence electrons. The standard InChI is InChI=1S/C7H12S2/c8-5-3-6-1-2-7(4-5)9-6/h5-8H,1-4H2. The van der Waals surface area contributed by atoms with Gasteiger partial charge in [0, 0.05) is 15.7 Å². The van der Waals surface area contributed by atoms with Gasteiger partial charge in [-0.25, -0.2) is 0 Å². The predicted molar refractivity (Wildman–Crippen MR) is 46.4 cm³/mol. The molecule has 0 spiro atoms. The van der Waals surface area contributed by atoms with Gasteiger partial charge in [0.2, 0.25) is 0 Å². The summed E-state index contributed by atoms with van der Waals surface area (Å²) < 4.78 is 0. The molecule has 0 nitrogen and oxygen atoms in total. The average Bonchev–Trinajstić information content (AvgIpc) is 2.11. The lowest BCUT2D eigenvalue weighted by atomic mass is 10.2. The summed E-state index contributed by atoms with van der Waals surface area (Å²) in [6.07, 6.45) is 5.66. The summed E-state index contributed by atoms with van der Waals surface area (Å²) in [5.41, 5.74) is 0. The summed E-state index contributed by atoms with van der Waals surface area (Å²) in [6, 6.07) is 0. The Balaban J connectivity index is 2.03. The molecule has 2 aliphatic rings. The number of rotatable bonds is 0. The number of hydrogen-bond donors (Lipinski definition) is 1. The quantitative estimate of drug-likeness (QED) is 0.531. The molecule has 0 saturated carbocycles. The maximum atomic E-state index is 4.51. The zero-order chi connectivity index (χ0) is 6.27. The Morgan fingerprint density at radius 1 is 1.11 bits per heavy atom. The highest BCUT2D eigenvalue weighted by molar-refractivity contribution is 8.00. The maximum Gasteiger partial charge on any atom is 0.00606 e. The van der Waals surface area contributed by atoms with Crippen LogP contribution in [0.1, 0.15) is 25.7 Å². The van der Waals surface area contributed by atoms with Crippen LogP contribution in [0.15, 0.2) is 0 Å². The molecular formula is C7H12S2. The van der Waals surface area contributed by atoms with E-state index in [-0.39, 0.29) is 0 Å². The SMILES string of the molecule is SC1CC2CCC(C1)S2. The molecule has 0 aromatic carbocycles. The van der Waals surface area contributed by atoms with Crippen LogP contribution in [0.2, 0.25) is 0 Å². The molecule has 2 heterocycles. The molecule has 2 aliphatic heterocycles. The van der Waals surface area contributed by atoms with Crippen molar-refractivity contribution in [2.45, 2.75) is 41.4 Å². The minimum atomic E-state index is 0.726. The van der Waals surface area contributed by atoms with Gasteiger partial charge in [-0.2, -0.15) is 24.4 Å². The Kier molecular flexibility index (Phi) is 1.70. The molecule has 0 N–H and O–H groups in total. The van der Waals surface area contributed by atoms with Crippen molar-refractivity contribution >= 4 is 24.4 Å². The van der Waals surface area contributed by atoms with Gasteiger partial charge in [0.1, 0.15) is 0 Å². The van der Waals surface area contributed by atoms with Crippen molar-refractivity contribution in [1.29, 1.82) is 0 Å². The summed E-state index contributed by atoms with van der Waals surface area (Å²) in [5, 5.41) is 2.68. The van der Waals surface area contributed by atoms with Gasteiger partial charge in [0.05, 0.1) is 0 Å². The van der Waals surface area contributed by atoms with E-state index in [0.717, 1.165) is 15.7 Å². The highest BCUT2D eigenvalue weighted by Gasteiger charge is 2.32. The van der Waals surface area contributed by atoms with E-state index in [4.69, 9.17) is 0 Å². The van der Waals surface area contributed by atoms with Crippen LogP contribution in [0.25, 0.3) is 0 Å². The van der Waals surface area contributed by atoms with Gasteiger partial charge in [-0.05, 0) is 25.7 Å². The summed E-state index contributed by atoms with van der Waals surface area (Å²) in [4.78, 5) is 0. The fraction of sp³-hybridized carbons (Fsp3) is 1.00. The van der Waals surface area contributed by atoms with Gasteiger partial charge < -0.3 is 0 Å². The van der Waals surface area contributed by atoms with Crippen LogP contribution in [0, 0.1) is 0 Å². The fourth-order valence-corrected chi connectivity index (χ4v) is 4.40. The van der Waals surface area contributed by atoms with Gasteiger partial charge >= 0.3 is 0 Å². The van der Waals surface area contributed by atoms with E-state index in [9.17, 15) is 0 Å². The van der Waals surface area contributed by atoms with Crippen LogP contribution in [0.4, 0.5) is 0 Å². The van der Waals surface area contributed by atoms with E-state index in [1.54, 1.807) is 0 Å². The van der Waals surface area contributed by atoms with Crippen LogP contribution in [0.3, 0.4) is 0 Å². The normalized spacial score (nSPS) is 49.7. The van der Waals surface area contributed by atoms with Crippen molar-refractivity contribution in [2.75, 3.05) is 0 Å². The van der Waals surface area contributed by atoms with Crippen molar-refractivity contribution in [3.8, 4) is 0 Å². The summed E-state index contributed by atoms with van der Waals surface area (Å²) in [5.74, 6) is 0. The van der Waals surface area contributed by atoms with Crippen molar-refractivity contribution in [3.05, 3.63) is 0 Å². The average molecular weight is 160 g/mol. The molecule has 0 aromatic rings. The maximum absolute atomic E-state index is 4.51. The number of fused-ring (bicyclic) bond motifs is 2. The Bertz CT molecular complexity index is 101. The minimum Gasteiger partial charge on any atom is -0.176 e. The molecule has 0 aromatic heterocycles. The Hall–Kier alpha value is 0.700. The zero-order valence-corrected chi connectivity index (χ0v) is 7.13. The van der Waals surface area contributed by atoms with Gasteiger partial charge in [-0.1, -0.05) is 0 Å². The largest absolute Gasteiger partial charge is 0.176 e. The van der Waals surface area contributed by atoms with Gasteiger partial charge in [0.25, 0.3) is 0 Å². The second kappa shape index (κ2) is 2.39. The van der Waals surface area contributed by atoms with Gasteiger partial charge in [-0.15, -0.1) is 0 Å². The third-order valence-electron chi connectivity index (χ3n) is 2.27. The highest BCUT2D eigenvalue weighted by Crippen LogP contribution is 2.44. The van der Waals surface area contributed by atoms with E-state index in [0.29, 0.717) is 0 Å². The molecule has 0 aliphatic carbocycles. The van der Waals surface area contributed by atoms with E-state index < -0.39 is 0 Å². The lowest BCUT2D eigenvalue weighted by Gasteiger charge is -2.23. The molecule has 2 atom stereocenters. The van der Waals surface area contributed by atoms with E-state index in [1.807, 2.05) is 0 Å². The second-order valence-electron chi connectivity index (χ2n) is 3.08. The molecule has 2 rings (SSSR count). The van der Waals surface area contributed by atoms with E-state index in [1.165, 1.54) is 25.7 Å². The molecule has 9 heavy (non-hydrogen) atoms. The number of thioether (sulfide) groups is 1. The number of hydrogen-bond acceptors (Lipinski definition) is 2. The van der Waals surface area contributed by atoms with Crippen molar-refractivity contribution < 1.29 is 0 Å². The van der Waals surface area contributed by atoms with Gasteiger partial charge in [-0.3, -0.25) is 0 Å². The molecule has 0 amide bonds. The molecule has 2 saturated heterocycles. The molecular weight excluding hydrogens is 148 g/mol. The van der Waals surface area contributed by atoms with Crippen molar-refractivity contribution in [3.63, 3.8) is 0 Å². The summed E-state index contributed by atoms with van der Waals surface area (Å²) in [7, 11) is 0. The molecule has 2 bridgehead atoms. The summed E-state index contributed by atoms with van der Waals surface area (Å²) >= 11 is 6.71. The third-order valence-corrected chi connectivity index (χ3v) is 4.31. The van der Waals surface area contributed by atoms with E-state index >= 15 is 0 Å². The summed E-state index contributed by atoms with van der Waals surface area (Å²) in [6.45, 7) is 0. The van der Waals surface area contributed by atoms with Crippen LogP contribution >= 0.6 is 24.4 Å². The lowest BCUT2D eigenvalue weighted by Crippen LogP contribution is -2.16. The molecule has 2 heteroatoms.